The van der Waals surface area contributed by atoms with E-state index in [2.05, 4.69) is 34.3 Å². The van der Waals surface area contributed by atoms with E-state index >= 15 is 0 Å². The van der Waals surface area contributed by atoms with Crippen LogP contribution in [0.1, 0.15) is 16.0 Å². The Kier molecular flexibility index (Phi) is 3.82. The van der Waals surface area contributed by atoms with Crippen LogP contribution in [0.15, 0.2) is 47.8 Å². The van der Waals surface area contributed by atoms with E-state index in [0.29, 0.717) is 11.4 Å². The van der Waals surface area contributed by atoms with Gasteiger partial charge in [0.05, 0.1) is 11.6 Å². The number of nitrogens with zero attached hydrogens (tertiary/aromatic N) is 3. The van der Waals surface area contributed by atoms with E-state index in [4.69, 9.17) is 0 Å². The number of aromatic nitrogens is 2. The summed E-state index contributed by atoms with van der Waals surface area (Å²) < 4.78 is 0. The first-order chi connectivity index (χ1) is 12.1. The molecule has 2 N–H and O–H groups in total. The van der Waals surface area contributed by atoms with Crippen LogP contribution in [0.5, 0.6) is 5.75 Å². The zero-order valence-corrected chi connectivity index (χ0v) is 14.6. The molecular weight excluding hydrogens is 332 g/mol. The van der Waals surface area contributed by atoms with E-state index in [1.54, 1.807) is 23.6 Å². The minimum atomic E-state index is 0.194. The molecule has 0 aliphatic rings. The number of hydrogen-bond donors (Lipinski definition) is 2. The van der Waals surface area contributed by atoms with Crippen LogP contribution in [-0.2, 0) is 0 Å². The van der Waals surface area contributed by atoms with Crippen molar-refractivity contribution in [3.8, 4) is 5.75 Å². The number of hydrazone groups is 1. The maximum absolute atomic E-state index is 10.2. The normalized spacial score (nSPS) is 11.6. The van der Waals surface area contributed by atoms with Crippen molar-refractivity contribution >= 4 is 44.4 Å². The van der Waals surface area contributed by atoms with Gasteiger partial charge in [0.15, 0.2) is 5.82 Å². The highest BCUT2D eigenvalue weighted by atomic mass is 32.1. The molecule has 0 aliphatic carbocycles. The second-order valence-electron chi connectivity index (χ2n) is 5.78. The fraction of sp³-hybridized carbons (Fsp3) is 0.105. The van der Waals surface area contributed by atoms with Crippen LogP contribution in [0.3, 0.4) is 0 Å². The molecule has 6 heteroatoms. The molecule has 0 radical (unpaired) electrons. The van der Waals surface area contributed by atoms with Gasteiger partial charge in [0.25, 0.3) is 0 Å². The zero-order valence-electron chi connectivity index (χ0n) is 13.8. The summed E-state index contributed by atoms with van der Waals surface area (Å²) in [5, 5.41) is 17.5. The number of phenolic OH excluding ortho intramolecular Hbond substituents is 1. The molecule has 4 aromatic rings. The summed E-state index contributed by atoms with van der Waals surface area (Å²) >= 11 is 1.64. The molecular formula is C19H16N4OS. The molecule has 0 spiro atoms. The third-order valence-corrected chi connectivity index (χ3v) is 5.39. The minimum Gasteiger partial charge on any atom is -0.507 e. The molecule has 0 bridgehead atoms. The second-order valence-corrected chi connectivity index (χ2v) is 6.98. The van der Waals surface area contributed by atoms with Crippen LogP contribution in [0.2, 0.25) is 0 Å². The number of rotatable bonds is 3. The van der Waals surface area contributed by atoms with Gasteiger partial charge in [0, 0.05) is 10.4 Å². The molecule has 0 saturated heterocycles. The topological polar surface area (TPSA) is 70.4 Å². The Hall–Kier alpha value is -2.99. The van der Waals surface area contributed by atoms with Crippen molar-refractivity contribution in [3.63, 3.8) is 0 Å². The van der Waals surface area contributed by atoms with Crippen molar-refractivity contribution < 1.29 is 5.11 Å². The Morgan fingerprint density at radius 3 is 2.84 bits per heavy atom. The average molecular weight is 348 g/mol. The number of aromatic hydroxyl groups is 1. The van der Waals surface area contributed by atoms with E-state index in [9.17, 15) is 5.11 Å². The van der Waals surface area contributed by atoms with E-state index in [-0.39, 0.29) is 5.75 Å². The quantitative estimate of drug-likeness (QED) is 0.419. The molecule has 25 heavy (non-hydrogen) atoms. The number of thiophene rings is 1. The molecule has 0 atom stereocenters. The molecule has 0 unspecified atom stereocenters. The number of nitrogens with one attached hydrogen (secondary N) is 1. The molecule has 2 heterocycles. The molecule has 2 aromatic carbocycles. The molecule has 0 amide bonds. The van der Waals surface area contributed by atoms with Gasteiger partial charge in [-0.1, -0.05) is 30.3 Å². The summed E-state index contributed by atoms with van der Waals surface area (Å²) in [4.78, 5) is 10.8. The lowest BCUT2D eigenvalue weighted by Gasteiger charge is -2.05. The van der Waals surface area contributed by atoms with Crippen LogP contribution in [-0.4, -0.2) is 21.3 Å². The van der Waals surface area contributed by atoms with E-state index < -0.39 is 0 Å². The Labute approximate surface area is 148 Å². The summed E-state index contributed by atoms with van der Waals surface area (Å²) in [6.07, 6.45) is 3.16. The number of phenols is 1. The lowest BCUT2D eigenvalue weighted by Crippen LogP contribution is -1.96. The van der Waals surface area contributed by atoms with Crippen molar-refractivity contribution in [1.29, 1.82) is 0 Å². The van der Waals surface area contributed by atoms with Gasteiger partial charge in [-0.25, -0.2) is 9.97 Å². The van der Waals surface area contributed by atoms with Crippen LogP contribution in [0.4, 0.5) is 5.82 Å². The maximum atomic E-state index is 10.2. The molecule has 2 aromatic heterocycles. The number of benzene rings is 2. The SMILES string of the molecule is Cc1sc2ncnc(N/N=C/c3c(O)ccc4ccccc34)c2c1C. The first kappa shape index (κ1) is 15.5. The number of aryl methyl sites for hydroxylation is 2. The van der Waals surface area contributed by atoms with Gasteiger partial charge >= 0.3 is 0 Å². The van der Waals surface area contributed by atoms with Gasteiger partial charge in [0.1, 0.15) is 16.9 Å². The van der Waals surface area contributed by atoms with Gasteiger partial charge in [-0.3, -0.25) is 5.43 Å². The van der Waals surface area contributed by atoms with Crippen molar-refractivity contribution in [1.82, 2.24) is 9.97 Å². The number of anilines is 1. The lowest BCUT2D eigenvalue weighted by atomic mass is 10.0. The average Bonchev–Trinajstić information content (AvgIpc) is 2.92. The fourth-order valence-corrected chi connectivity index (χ4v) is 3.84. The largest absolute Gasteiger partial charge is 0.507 e. The van der Waals surface area contributed by atoms with Gasteiger partial charge in [0.2, 0.25) is 0 Å². The van der Waals surface area contributed by atoms with E-state index in [1.165, 1.54) is 11.2 Å². The fourth-order valence-electron chi connectivity index (χ4n) is 2.84. The number of hydrogen-bond acceptors (Lipinski definition) is 6. The summed E-state index contributed by atoms with van der Waals surface area (Å²) in [5.41, 5.74) is 4.83. The number of fused-ring (bicyclic) bond motifs is 2. The summed E-state index contributed by atoms with van der Waals surface area (Å²) in [7, 11) is 0. The summed E-state index contributed by atoms with van der Waals surface area (Å²) in [6.45, 7) is 4.13. The monoisotopic (exact) mass is 348 g/mol. The molecule has 124 valence electrons. The van der Waals surface area contributed by atoms with Gasteiger partial charge in [-0.2, -0.15) is 5.10 Å². The van der Waals surface area contributed by atoms with Gasteiger partial charge in [-0.15, -0.1) is 11.3 Å². The van der Waals surface area contributed by atoms with Crippen molar-refractivity contribution in [3.05, 3.63) is 58.7 Å². The van der Waals surface area contributed by atoms with Crippen molar-refractivity contribution in [2.24, 2.45) is 5.10 Å². The van der Waals surface area contributed by atoms with Crippen molar-refractivity contribution in [2.45, 2.75) is 13.8 Å². The zero-order chi connectivity index (χ0) is 17.4. The lowest BCUT2D eigenvalue weighted by molar-refractivity contribution is 0.475. The van der Waals surface area contributed by atoms with Gasteiger partial charge in [-0.05, 0) is 36.2 Å². The molecule has 4 rings (SSSR count). The smallest absolute Gasteiger partial charge is 0.158 e. The molecule has 5 nitrogen and oxygen atoms in total. The first-order valence-corrected chi connectivity index (χ1v) is 8.67. The van der Waals surface area contributed by atoms with Crippen LogP contribution in [0.25, 0.3) is 21.0 Å². The highest BCUT2D eigenvalue weighted by molar-refractivity contribution is 7.18. The highest BCUT2D eigenvalue weighted by Crippen LogP contribution is 2.32. The first-order valence-electron chi connectivity index (χ1n) is 7.85. The van der Waals surface area contributed by atoms with Crippen LogP contribution < -0.4 is 5.43 Å². The predicted octanol–water partition coefficient (Wildman–Crippen LogP) is 4.61. The van der Waals surface area contributed by atoms with E-state index in [1.807, 2.05) is 30.3 Å². The maximum Gasteiger partial charge on any atom is 0.158 e. The Morgan fingerprint density at radius 2 is 1.96 bits per heavy atom. The third-order valence-electron chi connectivity index (χ3n) is 4.28. The molecule has 0 fully saturated rings. The Bertz CT molecular complexity index is 1120. The summed E-state index contributed by atoms with van der Waals surface area (Å²) in [6, 6.07) is 11.5. The second kappa shape index (κ2) is 6.14. The standard InChI is InChI=1S/C19H16N4OS/c1-11-12(2)25-19-17(11)18(20-10-21-19)23-22-9-15-14-6-4-3-5-13(14)7-8-16(15)24/h3-10,24H,1-2H3,(H,20,21,23)/b22-9+. The molecule has 0 aliphatic heterocycles. The minimum absolute atomic E-state index is 0.194. The predicted molar refractivity (Wildman–Crippen MR) is 104 cm³/mol. The van der Waals surface area contributed by atoms with Crippen molar-refractivity contribution in [2.75, 3.05) is 5.43 Å². The van der Waals surface area contributed by atoms with Crippen LogP contribution >= 0.6 is 11.3 Å². The third kappa shape index (κ3) is 2.70. The highest BCUT2D eigenvalue weighted by Gasteiger charge is 2.11. The Balaban J connectivity index is 1.72. The Morgan fingerprint density at radius 1 is 1.12 bits per heavy atom. The van der Waals surface area contributed by atoms with Gasteiger partial charge < -0.3 is 5.11 Å². The summed E-state index contributed by atoms with van der Waals surface area (Å²) in [5.74, 6) is 0.863. The van der Waals surface area contributed by atoms with E-state index in [0.717, 1.165) is 26.6 Å². The van der Waals surface area contributed by atoms with Crippen LogP contribution in [0, 0.1) is 13.8 Å². The molecule has 0 saturated carbocycles.